The monoisotopic (exact) mass is 429 g/mol. The van der Waals surface area contributed by atoms with Crippen LogP contribution in [0.15, 0.2) is 24.3 Å². The van der Waals surface area contributed by atoms with Crippen LogP contribution in [0.25, 0.3) is 10.8 Å². The van der Waals surface area contributed by atoms with Gasteiger partial charge in [-0.3, -0.25) is 9.59 Å². The summed E-state index contributed by atoms with van der Waals surface area (Å²) in [6, 6.07) is 0. The van der Waals surface area contributed by atoms with Crippen molar-refractivity contribution in [3.8, 4) is 10.8 Å². The van der Waals surface area contributed by atoms with Gasteiger partial charge < -0.3 is 14.7 Å². The third kappa shape index (κ3) is 3.47. The SMILES string of the molecule is O=C(O)Cn1nnc(-c2nnc(N3CCC4(CC3)CC3C=CC=CC3C(=O)O4)s2)n1. The van der Waals surface area contributed by atoms with Crippen molar-refractivity contribution >= 4 is 28.4 Å². The Labute approximate surface area is 175 Å². The number of rotatable bonds is 4. The maximum Gasteiger partial charge on any atom is 0.327 e. The van der Waals surface area contributed by atoms with Gasteiger partial charge in [-0.2, -0.15) is 4.80 Å². The van der Waals surface area contributed by atoms with Gasteiger partial charge in [-0.25, -0.2) is 0 Å². The van der Waals surface area contributed by atoms with Crippen molar-refractivity contribution < 1.29 is 19.4 Å². The summed E-state index contributed by atoms with van der Waals surface area (Å²) in [6.45, 7) is 1.05. The lowest BCUT2D eigenvalue weighted by Crippen LogP contribution is -2.53. The fourth-order valence-electron chi connectivity index (χ4n) is 4.22. The molecule has 1 N–H and O–H groups in total. The molecule has 0 amide bonds. The first-order valence-corrected chi connectivity index (χ1v) is 10.5. The van der Waals surface area contributed by atoms with Gasteiger partial charge in [0.2, 0.25) is 11.0 Å². The molecule has 2 aliphatic heterocycles. The molecule has 30 heavy (non-hydrogen) atoms. The number of carboxylic acids is 1. The van der Waals surface area contributed by atoms with E-state index in [2.05, 4.69) is 36.6 Å². The third-order valence-corrected chi connectivity index (χ3v) is 6.71. The number of nitrogens with zero attached hydrogens (tertiary/aromatic N) is 7. The number of tetrazole rings is 1. The highest BCUT2D eigenvalue weighted by molar-refractivity contribution is 7.18. The standard InChI is InChI=1S/C18H19N7O4S/c26-13(27)10-25-22-14(19-23-25)15-20-21-17(30-15)24-7-5-18(6-8-24)9-11-3-1-2-4-12(11)16(28)29-18/h1-4,11-12H,5-10H2,(H,26,27). The molecular formula is C18H19N7O4S. The fraction of sp³-hybridized carbons (Fsp3) is 0.500. The van der Waals surface area contributed by atoms with Crippen molar-refractivity contribution in [2.75, 3.05) is 18.0 Å². The van der Waals surface area contributed by atoms with Crippen molar-refractivity contribution in [1.82, 2.24) is 30.4 Å². The van der Waals surface area contributed by atoms with Gasteiger partial charge in [-0.05, 0) is 17.6 Å². The Morgan fingerprint density at radius 1 is 1.23 bits per heavy atom. The number of carbonyl (C=O) groups excluding carboxylic acids is 1. The summed E-state index contributed by atoms with van der Waals surface area (Å²) in [5.74, 6) is -0.887. The zero-order valence-electron chi connectivity index (χ0n) is 15.9. The van der Waals surface area contributed by atoms with E-state index in [4.69, 9.17) is 9.84 Å². The molecule has 2 fully saturated rings. The van der Waals surface area contributed by atoms with Crippen LogP contribution in [0, 0.1) is 11.8 Å². The Morgan fingerprint density at radius 2 is 2.03 bits per heavy atom. The number of fused-ring (bicyclic) bond motifs is 1. The lowest BCUT2D eigenvalue weighted by Gasteiger charge is -2.47. The minimum absolute atomic E-state index is 0.131. The number of aliphatic carboxylic acids is 1. The van der Waals surface area contributed by atoms with Crippen LogP contribution in [0.4, 0.5) is 5.13 Å². The zero-order chi connectivity index (χ0) is 20.7. The van der Waals surface area contributed by atoms with E-state index in [0.29, 0.717) is 18.1 Å². The van der Waals surface area contributed by atoms with Crippen LogP contribution in [0.1, 0.15) is 19.3 Å². The highest BCUT2D eigenvalue weighted by Crippen LogP contribution is 2.43. The van der Waals surface area contributed by atoms with Crippen LogP contribution in [0.2, 0.25) is 0 Å². The number of esters is 1. The van der Waals surface area contributed by atoms with E-state index in [9.17, 15) is 9.59 Å². The fourth-order valence-corrected chi connectivity index (χ4v) is 5.04. The molecule has 0 radical (unpaired) electrons. The van der Waals surface area contributed by atoms with E-state index < -0.39 is 11.6 Å². The number of carboxylic acid groups (broad SMARTS) is 1. The van der Waals surface area contributed by atoms with Gasteiger partial charge in [0.05, 0.1) is 5.92 Å². The number of piperidine rings is 1. The minimum atomic E-state index is -1.05. The topological polar surface area (TPSA) is 136 Å². The summed E-state index contributed by atoms with van der Waals surface area (Å²) >= 11 is 1.33. The molecule has 156 valence electrons. The molecule has 2 aromatic heterocycles. The zero-order valence-corrected chi connectivity index (χ0v) is 16.7. The van der Waals surface area contributed by atoms with Crippen LogP contribution >= 0.6 is 11.3 Å². The average molecular weight is 429 g/mol. The van der Waals surface area contributed by atoms with Crippen LogP contribution in [-0.2, 0) is 20.9 Å². The Morgan fingerprint density at radius 3 is 2.83 bits per heavy atom. The highest BCUT2D eigenvalue weighted by Gasteiger charge is 2.47. The molecule has 3 aliphatic rings. The van der Waals surface area contributed by atoms with Crippen LogP contribution in [-0.4, -0.2) is 66.1 Å². The van der Waals surface area contributed by atoms with Crippen molar-refractivity contribution in [1.29, 1.82) is 0 Å². The molecule has 1 aliphatic carbocycles. The minimum Gasteiger partial charge on any atom is -0.480 e. The van der Waals surface area contributed by atoms with Crippen molar-refractivity contribution in [3.63, 3.8) is 0 Å². The van der Waals surface area contributed by atoms with Crippen LogP contribution < -0.4 is 4.90 Å². The second-order valence-electron chi connectivity index (χ2n) is 7.68. The molecule has 5 rings (SSSR count). The van der Waals surface area contributed by atoms with Crippen molar-refractivity contribution in [3.05, 3.63) is 24.3 Å². The first-order chi connectivity index (χ1) is 14.5. The second kappa shape index (κ2) is 7.27. The first-order valence-electron chi connectivity index (χ1n) is 9.68. The van der Waals surface area contributed by atoms with Crippen LogP contribution in [0.5, 0.6) is 0 Å². The summed E-state index contributed by atoms with van der Waals surface area (Å²) in [7, 11) is 0. The van der Waals surface area contributed by atoms with Gasteiger partial charge in [0.25, 0.3) is 0 Å². The van der Waals surface area contributed by atoms with E-state index in [-0.39, 0.29) is 30.2 Å². The van der Waals surface area contributed by atoms with Gasteiger partial charge in [-0.1, -0.05) is 35.6 Å². The maximum atomic E-state index is 12.5. The molecule has 11 nitrogen and oxygen atoms in total. The normalized spacial score (nSPS) is 24.7. The molecule has 2 atom stereocenters. The molecule has 1 spiro atoms. The van der Waals surface area contributed by atoms with E-state index in [1.807, 2.05) is 18.2 Å². The molecule has 0 bridgehead atoms. The smallest absolute Gasteiger partial charge is 0.327 e. The maximum absolute atomic E-state index is 12.5. The average Bonchev–Trinajstić information content (AvgIpc) is 3.38. The molecular weight excluding hydrogens is 410 g/mol. The first kappa shape index (κ1) is 18.9. The van der Waals surface area contributed by atoms with E-state index >= 15 is 0 Å². The number of allylic oxidation sites excluding steroid dienone is 3. The molecule has 2 unspecified atom stereocenters. The number of aromatic nitrogens is 6. The van der Waals surface area contributed by atoms with E-state index in [0.717, 1.165) is 29.2 Å². The largest absolute Gasteiger partial charge is 0.480 e. The number of anilines is 1. The molecule has 0 aromatic carbocycles. The van der Waals surface area contributed by atoms with Gasteiger partial charge >= 0.3 is 11.9 Å². The van der Waals surface area contributed by atoms with Gasteiger partial charge in [0.1, 0.15) is 5.60 Å². The van der Waals surface area contributed by atoms with Crippen LogP contribution in [0.3, 0.4) is 0 Å². The summed E-state index contributed by atoms with van der Waals surface area (Å²) in [4.78, 5) is 26.4. The summed E-state index contributed by atoms with van der Waals surface area (Å²) < 4.78 is 5.92. The predicted molar refractivity (Wildman–Crippen MR) is 105 cm³/mol. The molecule has 2 saturated heterocycles. The Kier molecular flexibility index (Phi) is 4.57. The summed E-state index contributed by atoms with van der Waals surface area (Å²) in [6.07, 6.45) is 10.3. The Balaban J connectivity index is 1.25. The highest BCUT2D eigenvalue weighted by atomic mass is 32.1. The Bertz CT molecular complexity index is 1040. The number of hydrogen-bond acceptors (Lipinski definition) is 10. The number of carbonyl (C=O) groups is 2. The number of ether oxygens (including phenoxy) is 1. The lowest BCUT2D eigenvalue weighted by atomic mass is 9.73. The molecule has 4 heterocycles. The molecule has 0 saturated carbocycles. The van der Waals surface area contributed by atoms with Crippen molar-refractivity contribution in [2.24, 2.45) is 11.8 Å². The lowest BCUT2D eigenvalue weighted by molar-refractivity contribution is -0.178. The predicted octanol–water partition coefficient (Wildman–Crippen LogP) is 0.921. The van der Waals surface area contributed by atoms with E-state index in [1.165, 1.54) is 11.3 Å². The van der Waals surface area contributed by atoms with Gasteiger partial charge in [0, 0.05) is 25.9 Å². The van der Waals surface area contributed by atoms with E-state index in [1.54, 1.807) is 0 Å². The summed E-state index contributed by atoms with van der Waals surface area (Å²) in [5, 5.41) is 30.0. The van der Waals surface area contributed by atoms with Gasteiger partial charge in [0.15, 0.2) is 11.6 Å². The summed E-state index contributed by atoms with van der Waals surface area (Å²) in [5.41, 5.74) is -0.418. The molecule has 2 aromatic rings. The molecule has 12 heteroatoms. The van der Waals surface area contributed by atoms with Crippen molar-refractivity contribution in [2.45, 2.75) is 31.4 Å². The Hall–Kier alpha value is -3.15. The third-order valence-electron chi connectivity index (χ3n) is 5.73. The second-order valence-corrected chi connectivity index (χ2v) is 8.64. The van der Waals surface area contributed by atoms with Gasteiger partial charge in [-0.15, -0.1) is 20.4 Å². The number of hydrogen-bond donors (Lipinski definition) is 1. The quantitative estimate of drug-likeness (QED) is 0.699.